The zero-order chi connectivity index (χ0) is 26.2. The molecule has 0 unspecified atom stereocenters. The summed E-state index contributed by atoms with van der Waals surface area (Å²) in [5, 5.41) is 10.6. The molecular formula is C30H30F2N4O. The molecule has 0 amide bonds. The number of nitrogens with zero attached hydrogens (tertiary/aromatic N) is 4. The van der Waals surface area contributed by atoms with E-state index in [1.54, 1.807) is 30.3 Å². The number of alkyl halides is 1. The summed E-state index contributed by atoms with van der Waals surface area (Å²) in [6, 6.07) is 9.97. The number of hydrogen-bond acceptors (Lipinski definition) is 4. The van der Waals surface area contributed by atoms with Crippen LogP contribution in [0.25, 0.3) is 27.5 Å². The van der Waals surface area contributed by atoms with E-state index in [-0.39, 0.29) is 23.2 Å². The molecule has 5 rings (SSSR count). The summed E-state index contributed by atoms with van der Waals surface area (Å²) in [7, 11) is 0. The zero-order valence-electron chi connectivity index (χ0n) is 21.1. The Morgan fingerprint density at radius 3 is 2.76 bits per heavy atom. The van der Waals surface area contributed by atoms with Gasteiger partial charge >= 0.3 is 0 Å². The van der Waals surface area contributed by atoms with Gasteiger partial charge in [0.25, 0.3) is 0 Å². The summed E-state index contributed by atoms with van der Waals surface area (Å²) >= 11 is 0. The van der Waals surface area contributed by atoms with E-state index in [0.717, 1.165) is 30.5 Å². The van der Waals surface area contributed by atoms with Gasteiger partial charge in [-0.15, -0.1) is 0 Å². The highest BCUT2D eigenvalue weighted by molar-refractivity contribution is 5.70. The van der Waals surface area contributed by atoms with Crippen molar-refractivity contribution in [2.24, 2.45) is 11.8 Å². The predicted octanol–water partition coefficient (Wildman–Crippen LogP) is 7.53. The van der Waals surface area contributed by atoms with E-state index < -0.39 is 12.1 Å². The Bertz CT molecular complexity index is 1410. The topological polar surface area (TPSA) is 63.3 Å². The normalized spacial score (nSPS) is 20.9. The molecule has 0 radical (unpaired) electrons. The van der Waals surface area contributed by atoms with E-state index in [1.165, 1.54) is 12.3 Å². The standard InChI is InChI=1S/C30H30F2N4O/c1-18(2)10-12-30-16-25(33-3)26(37)15-20(30)8-9-23-27(22-6-4-5-7-24(22)32)35-29(36-28(23)30)19-11-13-34-21(14-19)17-31/h4-7,11,13-14,18,20,37H,8-10,12,15-17H2,1-2H3/t20-,30-/m1/s1. The minimum Gasteiger partial charge on any atom is -0.524 e. The summed E-state index contributed by atoms with van der Waals surface area (Å²) in [5.41, 5.74) is 3.48. The molecule has 2 aromatic heterocycles. The zero-order valence-corrected chi connectivity index (χ0v) is 21.1. The quantitative estimate of drug-likeness (QED) is 0.355. The minimum atomic E-state index is -0.711. The molecule has 1 aromatic carbocycles. The van der Waals surface area contributed by atoms with Crippen molar-refractivity contribution in [1.29, 1.82) is 0 Å². The summed E-state index contributed by atoms with van der Waals surface area (Å²) in [6.45, 7) is 11.4. The lowest BCUT2D eigenvalue weighted by Gasteiger charge is -2.48. The van der Waals surface area contributed by atoms with Gasteiger partial charge in [-0.2, -0.15) is 0 Å². The third kappa shape index (κ3) is 4.50. The largest absolute Gasteiger partial charge is 0.524 e. The van der Waals surface area contributed by atoms with E-state index in [2.05, 4.69) is 23.7 Å². The van der Waals surface area contributed by atoms with E-state index in [0.29, 0.717) is 53.5 Å². The summed E-state index contributed by atoms with van der Waals surface area (Å²) in [6.07, 6.45) is 5.54. The fraction of sp³-hybridized carbons (Fsp3) is 0.400. The van der Waals surface area contributed by atoms with E-state index in [9.17, 15) is 9.50 Å². The third-order valence-corrected chi connectivity index (χ3v) is 7.90. The van der Waals surface area contributed by atoms with E-state index >= 15 is 4.39 Å². The number of hydrogen-bond donors (Lipinski definition) is 1. The molecule has 0 saturated heterocycles. The maximum Gasteiger partial charge on any atom is 0.202 e. The minimum absolute atomic E-state index is 0.110. The molecule has 7 heteroatoms. The van der Waals surface area contributed by atoms with Gasteiger partial charge in [0.05, 0.1) is 29.4 Å². The van der Waals surface area contributed by atoms with Crippen LogP contribution in [0.1, 0.15) is 62.9 Å². The number of benzene rings is 1. The molecule has 2 aliphatic carbocycles. The van der Waals surface area contributed by atoms with E-state index in [1.807, 2.05) is 0 Å². The van der Waals surface area contributed by atoms with Gasteiger partial charge in [0, 0.05) is 28.3 Å². The molecule has 0 aliphatic heterocycles. The molecule has 3 aromatic rings. The van der Waals surface area contributed by atoms with Gasteiger partial charge in [-0.05, 0) is 68.2 Å². The number of fused-ring (bicyclic) bond motifs is 3. The molecule has 37 heavy (non-hydrogen) atoms. The van der Waals surface area contributed by atoms with Crippen molar-refractivity contribution < 1.29 is 13.9 Å². The van der Waals surface area contributed by atoms with Crippen LogP contribution in [0.15, 0.2) is 54.1 Å². The van der Waals surface area contributed by atoms with Crippen molar-refractivity contribution >= 4 is 0 Å². The number of allylic oxidation sites excluding steroid dienone is 2. The van der Waals surface area contributed by atoms with Crippen molar-refractivity contribution in [2.75, 3.05) is 0 Å². The molecular weight excluding hydrogens is 470 g/mol. The number of rotatable bonds is 6. The number of halogens is 2. The van der Waals surface area contributed by atoms with Gasteiger partial charge in [0.2, 0.25) is 5.70 Å². The molecule has 0 saturated carbocycles. The van der Waals surface area contributed by atoms with Gasteiger partial charge in [-0.25, -0.2) is 23.6 Å². The third-order valence-electron chi connectivity index (χ3n) is 7.90. The van der Waals surface area contributed by atoms with Crippen LogP contribution in [0.3, 0.4) is 0 Å². The first kappa shape index (κ1) is 25.0. The Morgan fingerprint density at radius 2 is 2.03 bits per heavy atom. The molecule has 2 aliphatic rings. The average Bonchev–Trinajstić information content (AvgIpc) is 2.91. The van der Waals surface area contributed by atoms with Crippen LogP contribution in [-0.2, 0) is 18.5 Å². The first-order chi connectivity index (χ1) is 17.9. The van der Waals surface area contributed by atoms with Crippen molar-refractivity contribution in [2.45, 2.75) is 64.5 Å². The van der Waals surface area contributed by atoms with Crippen LogP contribution >= 0.6 is 0 Å². The van der Waals surface area contributed by atoms with Crippen molar-refractivity contribution in [3.05, 3.63) is 88.2 Å². The van der Waals surface area contributed by atoms with Gasteiger partial charge < -0.3 is 5.11 Å². The molecule has 2 atom stereocenters. The lowest BCUT2D eigenvalue weighted by Crippen LogP contribution is -2.44. The van der Waals surface area contributed by atoms with Crippen LogP contribution in [0, 0.1) is 24.2 Å². The van der Waals surface area contributed by atoms with Crippen LogP contribution < -0.4 is 0 Å². The highest BCUT2D eigenvalue weighted by Crippen LogP contribution is 2.55. The van der Waals surface area contributed by atoms with Crippen molar-refractivity contribution in [1.82, 2.24) is 15.0 Å². The molecule has 0 bridgehead atoms. The SMILES string of the molecule is [C-]#[N+]C1=C(O)C[C@H]2CCc3c(-c4ccccc4F)nc(-c4ccnc(CF)c4)nc3[C@]2(CCC(C)C)C1. The predicted molar refractivity (Wildman–Crippen MR) is 139 cm³/mol. The fourth-order valence-electron chi connectivity index (χ4n) is 5.95. The second-order valence-corrected chi connectivity index (χ2v) is 10.6. The number of aliphatic hydroxyl groups is 1. The Balaban J connectivity index is 1.80. The van der Waals surface area contributed by atoms with Crippen molar-refractivity contribution in [3.8, 4) is 22.6 Å². The molecule has 1 N–H and O–H groups in total. The first-order valence-electron chi connectivity index (χ1n) is 12.8. The Kier molecular flexibility index (Phi) is 6.76. The van der Waals surface area contributed by atoms with Gasteiger partial charge in [-0.1, -0.05) is 32.4 Å². The highest BCUT2D eigenvalue weighted by Gasteiger charge is 2.50. The Labute approximate surface area is 216 Å². The fourth-order valence-corrected chi connectivity index (χ4v) is 5.95. The maximum absolute atomic E-state index is 15.1. The maximum atomic E-state index is 15.1. The summed E-state index contributed by atoms with van der Waals surface area (Å²) in [4.78, 5) is 17.7. The smallest absolute Gasteiger partial charge is 0.202 e. The lowest BCUT2D eigenvalue weighted by molar-refractivity contribution is 0.156. The second-order valence-electron chi connectivity index (χ2n) is 10.6. The average molecular weight is 501 g/mol. The Hall–Kier alpha value is -3.66. The molecule has 2 heterocycles. The summed E-state index contributed by atoms with van der Waals surface area (Å²) < 4.78 is 28.6. The number of aromatic nitrogens is 3. The monoisotopic (exact) mass is 500 g/mol. The molecule has 0 fully saturated rings. The van der Waals surface area contributed by atoms with Gasteiger partial charge in [0.1, 0.15) is 12.5 Å². The van der Waals surface area contributed by atoms with Gasteiger partial charge in [-0.3, -0.25) is 4.98 Å². The summed E-state index contributed by atoms with van der Waals surface area (Å²) in [5.74, 6) is 0.751. The Morgan fingerprint density at radius 1 is 1.22 bits per heavy atom. The van der Waals surface area contributed by atoms with E-state index in [4.69, 9.17) is 16.5 Å². The highest BCUT2D eigenvalue weighted by atomic mass is 19.1. The number of aliphatic hydroxyl groups excluding tert-OH is 1. The van der Waals surface area contributed by atoms with Crippen molar-refractivity contribution in [3.63, 3.8) is 0 Å². The molecule has 5 nitrogen and oxygen atoms in total. The first-order valence-corrected chi connectivity index (χ1v) is 12.8. The van der Waals surface area contributed by atoms with Crippen LogP contribution in [-0.4, -0.2) is 20.1 Å². The van der Waals surface area contributed by atoms with Crippen LogP contribution in [0.4, 0.5) is 8.78 Å². The molecule has 190 valence electrons. The van der Waals surface area contributed by atoms with Crippen LogP contribution in [0.5, 0.6) is 0 Å². The lowest BCUT2D eigenvalue weighted by atomic mass is 9.57. The van der Waals surface area contributed by atoms with Crippen LogP contribution in [0.2, 0.25) is 0 Å². The van der Waals surface area contributed by atoms with Gasteiger partial charge in [0.15, 0.2) is 5.82 Å². The molecule has 0 spiro atoms. The number of pyridine rings is 1. The second kappa shape index (κ2) is 10.0.